The van der Waals surface area contributed by atoms with Gasteiger partial charge in [-0.15, -0.1) is 11.6 Å². The minimum atomic E-state index is 0.545. The van der Waals surface area contributed by atoms with E-state index in [0.717, 1.165) is 12.8 Å². The second kappa shape index (κ2) is 8.74. The standard InChI is InChI=1S/C22H25Cl/c1-4-6-11-22-20(8-5-2)14-19(16-23)15-21(22)13-18-10-7-9-17(3)12-18/h5-12,14-15H,4,13,16H2,1-3H3/b8-5-,11-6+. The van der Waals surface area contributed by atoms with Crippen LogP contribution in [0.4, 0.5) is 0 Å². The maximum atomic E-state index is 6.11. The molecule has 0 atom stereocenters. The van der Waals surface area contributed by atoms with Gasteiger partial charge in [0.25, 0.3) is 0 Å². The van der Waals surface area contributed by atoms with Gasteiger partial charge < -0.3 is 0 Å². The molecule has 23 heavy (non-hydrogen) atoms. The Balaban J connectivity index is 2.53. The molecule has 0 aliphatic carbocycles. The zero-order valence-corrected chi connectivity index (χ0v) is 15.0. The zero-order valence-electron chi connectivity index (χ0n) is 14.3. The topological polar surface area (TPSA) is 0 Å². The van der Waals surface area contributed by atoms with Gasteiger partial charge in [-0.1, -0.05) is 67.1 Å². The first-order valence-corrected chi connectivity index (χ1v) is 8.78. The summed E-state index contributed by atoms with van der Waals surface area (Å²) in [4.78, 5) is 0. The smallest absolute Gasteiger partial charge is 0.0474 e. The summed E-state index contributed by atoms with van der Waals surface area (Å²) in [5.41, 5.74) is 7.71. The second-order valence-corrected chi connectivity index (χ2v) is 6.14. The Morgan fingerprint density at radius 1 is 1.04 bits per heavy atom. The van der Waals surface area contributed by atoms with Crippen LogP contribution < -0.4 is 0 Å². The maximum absolute atomic E-state index is 6.11. The third-order valence-corrected chi connectivity index (χ3v) is 4.16. The van der Waals surface area contributed by atoms with E-state index in [2.05, 4.69) is 81.5 Å². The van der Waals surface area contributed by atoms with E-state index < -0.39 is 0 Å². The average Bonchev–Trinajstić information content (AvgIpc) is 2.54. The van der Waals surface area contributed by atoms with E-state index in [1.165, 1.54) is 33.4 Å². The lowest BCUT2D eigenvalue weighted by atomic mass is 9.92. The number of hydrogen-bond donors (Lipinski definition) is 0. The van der Waals surface area contributed by atoms with Gasteiger partial charge in [-0.05, 0) is 60.6 Å². The molecule has 0 saturated carbocycles. The third-order valence-electron chi connectivity index (χ3n) is 3.86. The van der Waals surface area contributed by atoms with Crippen molar-refractivity contribution in [3.63, 3.8) is 0 Å². The molecule has 0 fully saturated rings. The molecule has 2 aromatic rings. The molecular weight excluding hydrogens is 300 g/mol. The Morgan fingerprint density at radius 3 is 2.52 bits per heavy atom. The van der Waals surface area contributed by atoms with Crippen molar-refractivity contribution in [1.82, 2.24) is 0 Å². The highest BCUT2D eigenvalue weighted by atomic mass is 35.5. The predicted octanol–water partition coefficient (Wildman–Crippen LogP) is 6.78. The summed E-state index contributed by atoms with van der Waals surface area (Å²) in [6, 6.07) is 13.2. The van der Waals surface area contributed by atoms with Crippen LogP contribution in [0.5, 0.6) is 0 Å². The Kier molecular flexibility index (Phi) is 6.67. The van der Waals surface area contributed by atoms with E-state index in [-0.39, 0.29) is 0 Å². The van der Waals surface area contributed by atoms with Crippen LogP contribution in [-0.4, -0.2) is 0 Å². The van der Waals surface area contributed by atoms with Gasteiger partial charge in [0.05, 0.1) is 0 Å². The minimum Gasteiger partial charge on any atom is -0.122 e. The van der Waals surface area contributed by atoms with Crippen molar-refractivity contribution >= 4 is 23.8 Å². The van der Waals surface area contributed by atoms with E-state index in [0.29, 0.717) is 5.88 Å². The van der Waals surface area contributed by atoms with Gasteiger partial charge in [-0.3, -0.25) is 0 Å². The Hall–Kier alpha value is -1.79. The van der Waals surface area contributed by atoms with Crippen LogP contribution in [-0.2, 0) is 12.3 Å². The molecule has 0 bridgehead atoms. The van der Waals surface area contributed by atoms with Crippen molar-refractivity contribution in [2.75, 3.05) is 0 Å². The molecule has 120 valence electrons. The molecule has 2 aromatic carbocycles. The van der Waals surface area contributed by atoms with Gasteiger partial charge in [0.2, 0.25) is 0 Å². The molecule has 0 N–H and O–H groups in total. The fourth-order valence-electron chi connectivity index (χ4n) is 2.83. The summed E-state index contributed by atoms with van der Waals surface area (Å²) >= 11 is 6.11. The van der Waals surface area contributed by atoms with Crippen LogP contribution in [0.25, 0.3) is 12.2 Å². The first-order valence-electron chi connectivity index (χ1n) is 8.24. The molecule has 0 aromatic heterocycles. The van der Waals surface area contributed by atoms with Crippen LogP contribution in [0.2, 0.25) is 0 Å². The second-order valence-electron chi connectivity index (χ2n) is 5.87. The molecule has 0 saturated heterocycles. The molecule has 0 amide bonds. The van der Waals surface area contributed by atoms with E-state index >= 15 is 0 Å². The number of rotatable bonds is 6. The highest BCUT2D eigenvalue weighted by Crippen LogP contribution is 2.25. The molecule has 0 spiro atoms. The number of alkyl halides is 1. The Bertz CT molecular complexity index is 708. The van der Waals surface area contributed by atoms with Crippen molar-refractivity contribution in [3.05, 3.63) is 81.9 Å². The summed E-state index contributed by atoms with van der Waals surface area (Å²) in [5.74, 6) is 0.545. The lowest BCUT2D eigenvalue weighted by molar-refractivity contribution is 1.15. The monoisotopic (exact) mass is 324 g/mol. The molecule has 0 aliphatic heterocycles. The largest absolute Gasteiger partial charge is 0.122 e. The average molecular weight is 325 g/mol. The van der Waals surface area contributed by atoms with Gasteiger partial charge in [-0.25, -0.2) is 0 Å². The van der Waals surface area contributed by atoms with Gasteiger partial charge >= 0.3 is 0 Å². The van der Waals surface area contributed by atoms with Crippen LogP contribution in [0.15, 0.2) is 48.6 Å². The van der Waals surface area contributed by atoms with Crippen molar-refractivity contribution in [3.8, 4) is 0 Å². The Labute approximate surface area is 145 Å². The lowest BCUT2D eigenvalue weighted by Gasteiger charge is -2.13. The van der Waals surface area contributed by atoms with Crippen LogP contribution in [0, 0.1) is 6.92 Å². The highest BCUT2D eigenvalue weighted by molar-refractivity contribution is 6.17. The fraction of sp³-hybridized carbons (Fsp3) is 0.273. The van der Waals surface area contributed by atoms with E-state index in [9.17, 15) is 0 Å². The summed E-state index contributed by atoms with van der Waals surface area (Å²) in [5, 5.41) is 0. The minimum absolute atomic E-state index is 0.545. The molecule has 2 rings (SSSR count). The fourth-order valence-corrected chi connectivity index (χ4v) is 2.98. The predicted molar refractivity (Wildman–Crippen MR) is 104 cm³/mol. The quantitative estimate of drug-likeness (QED) is 0.514. The molecule has 1 heteroatoms. The van der Waals surface area contributed by atoms with Gasteiger partial charge in [0.1, 0.15) is 0 Å². The van der Waals surface area contributed by atoms with Crippen LogP contribution in [0.1, 0.15) is 53.6 Å². The van der Waals surface area contributed by atoms with E-state index in [1.807, 2.05) is 0 Å². The first kappa shape index (κ1) is 17.6. The molecular formula is C22H25Cl. The normalized spacial score (nSPS) is 11.7. The van der Waals surface area contributed by atoms with Gasteiger partial charge in [0.15, 0.2) is 0 Å². The van der Waals surface area contributed by atoms with Crippen molar-refractivity contribution < 1.29 is 0 Å². The number of allylic oxidation sites excluding steroid dienone is 2. The van der Waals surface area contributed by atoms with Crippen molar-refractivity contribution in [1.29, 1.82) is 0 Å². The lowest BCUT2D eigenvalue weighted by Crippen LogP contribution is -1.97. The number of hydrogen-bond acceptors (Lipinski definition) is 0. The summed E-state index contributed by atoms with van der Waals surface area (Å²) in [7, 11) is 0. The molecule has 0 aliphatic rings. The highest BCUT2D eigenvalue weighted by Gasteiger charge is 2.08. The first-order chi connectivity index (χ1) is 11.2. The number of benzene rings is 2. The van der Waals surface area contributed by atoms with Gasteiger partial charge in [-0.2, -0.15) is 0 Å². The third kappa shape index (κ3) is 4.84. The molecule has 0 heterocycles. The van der Waals surface area contributed by atoms with Crippen LogP contribution >= 0.6 is 11.6 Å². The van der Waals surface area contributed by atoms with E-state index in [4.69, 9.17) is 11.6 Å². The number of aryl methyl sites for hydroxylation is 1. The number of halogens is 1. The molecule has 0 nitrogen and oxygen atoms in total. The molecule has 0 unspecified atom stereocenters. The summed E-state index contributed by atoms with van der Waals surface area (Å²) in [6.07, 6.45) is 10.7. The SMILES string of the molecule is C/C=C\c1cc(CCl)cc(Cc2cccc(C)c2)c1/C=C/CC. The van der Waals surface area contributed by atoms with E-state index in [1.54, 1.807) is 0 Å². The summed E-state index contributed by atoms with van der Waals surface area (Å²) < 4.78 is 0. The Morgan fingerprint density at radius 2 is 1.87 bits per heavy atom. The van der Waals surface area contributed by atoms with Crippen molar-refractivity contribution in [2.24, 2.45) is 0 Å². The zero-order chi connectivity index (χ0) is 16.7. The van der Waals surface area contributed by atoms with Crippen molar-refractivity contribution in [2.45, 2.75) is 39.5 Å². The summed E-state index contributed by atoms with van der Waals surface area (Å²) in [6.45, 7) is 6.36. The molecule has 0 radical (unpaired) electrons. The van der Waals surface area contributed by atoms with Gasteiger partial charge in [0, 0.05) is 5.88 Å². The maximum Gasteiger partial charge on any atom is 0.0474 e. The van der Waals surface area contributed by atoms with Crippen LogP contribution in [0.3, 0.4) is 0 Å².